The third kappa shape index (κ3) is 10.00. The van der Waals surface area contributed by atoms with Gasteiger partial charge in [0.15, 0.2) is 17.2 Å². The van der Waals surface area contributed by atoms with Gasteiger partial charge in [-0.2, -0.15) is 4.98 Å². The summed E-state index contributed by atoms with van der Waals surface area (Å²) >= 11 is 0. The van der Waals surface area contributed by atoms with Gasteiger partial charge in [0.25, 0.3) is 27.5 Å². The number of piperidine rings is 1. The summed E-state index contributed by atoms with van der Waals surface area (Å²) in [5.74, 6) is 0.0545. The van der Waals surface area contributed by atoms with E-state index in [-0.39, 0.29) is 65.0 Å². The fourth-order valence-electron chi connectivity index (χ4n) is 11.9. The van der Waals surface area contributed by atoms with Crippen LogP contribution in [0.15, 0.2) is 77.8 Å². The zero-order valence-electron chi connectivity index (χ0n) is 41.0. The molecule has 2 aliphatic carbocycles. The van der Waals surface area contributed by atoms with Gasteiger partial charge in [-0.05, 0) is 137 Å². The van der Waals surface area contributed by atoms with Crippen molar-refractivity contribution < 1.29 is 37.5 Å². The number of aliphatic hydroxyl groups is 1. The minimum absolute atomic E-state index is 0.00806. The first kappa shape index (κ1) is 48.7. The van der Waals surface area contributed by atoms with E-state index >= 15 is 0 Å². The van der Waals surface area contributed by atoms with E-state index in [0.717, 1.165) is 49.6 Å². The number of ether oxygens (including phenoxy) is 3. The number of nitro benzene ring substituents is 1. The van der Waals surface area contributed by atoms with E-state index in [1.165, 1.54) is 42.9 Å². The highest BCUT2D eigenvalue weighted by molar-refractivity contribution is 7.90. The molecule has 4 fully saturated rings. The molecular formula is C53H66N8O9S. The smallest absolute Gasteiger partial charge is 0.297 e. The van der Waals surface area contributed by atoms with Gasteiger partial charge in [0, 0.05) is 67.2 Å². The van der Waals surface area contributed by atoms with Gasteiger partial charge in [0.2, 0.25) is 0 Å². The van der Waals surface area contributed by atoms with Crippen LogP contribution in [0.25, 0.3) is 11.0 Å². The Hall–Kier alpha value is -5.95. The predicted molar refractivity (Wildman–Crippen MR) is 271 cm³/mol. The lowest BCUT2D eigenvalue weighted by Gasteiger charge is -2.56. The number of nitro groups is 1. The molecule has 0 bridgehead atoms. The lowest BCUT2D eigenvalue weighted by Crippen LogP contribution is -2.54. The Balaban J connectivity index is 0.889. The van der Waals surface area contributed by atoms with Crippen LogP contribution in [0.1, 0.15) is 118 Å². The first-order valence-corrected chi connectivity index (χ1v) is 26.8. The monoisotopic (exact) mass is 990 g/mol. The van der Waals surface area contributed by atoms with E-state index in [1.807, 2.05) is 26.1 Å². The molecule has 5 aliphatic rings. The number of anilines is 2. The highest BCUT2D eigenvalue weighted by atomic mass is 32.2. The fourth-order valence-corrected chi connectivity index (χ4v) is 12.9. The van der Waals surface area contributed by atoms with E-state index < -0.39 is 37.0 Å². The molecule has 2 saturated heterocycles. The van der Waals surface area contributed by atoms with Gasteiger partial charge in [0.05, 0.1) is 27.0 Å². The Labute approximate surface area is 415 Å². The highest BCUT2D eigenvalue weighted by Gasteiger charge is 2.50. The van der Waals surface area contributed by atoms with Crippen LogP contribution in [0.3, 0.4) is 0 Å². The number of nitrogens with zero attached hydrogens (tertiary/aromatic N) is 4. The topological polar surface area (TPSA) is 214 Å². The third-order valence-electron chi connectivity index (χ3n) is 16.0. The molecule has 5 N–H and O–H groups in total. The first-order chi connectivity index (χ1) is 34.1. The molecule has 2 atom stereocenters. The molecule has 0 unspecified atom stereocenters. The Kier molecular flexibility index (Phi) is 13.4. The molecule has 1 amide bonds. The van der Waals surface area contributed by atoms with Crippen LogP contribution in [0.4, 0.5) is 17.1 Å². The summed E-state index contributed by atoms with van der Waals surface area (Å²) in [6.07, 6.45) is 11.2. The summed E-state index contributed by atoms with van der Waals surface area (Å²) in [4.78, 5) is 38.5. The van der Waals surface area contributed by atoms with E-state index in [2.05, 4.69) is 73.2 Å². The average Bonchev–Trinajstić information content (AvgIpc) is 4.02. The maximum atomic E-state index is 14.4. The summed E-state index contributed by atoms with van der Waals surface area (Å²) in [7, 11) is -2.90. The van der Waals surface area contributed by atoms with Crippen molar-refractivity contribution in [3.05, 3.63) is 99.7 Å². The van der Waals surface area contributed by atoms with Crippen LogP contribution in [0.5, 0.6) is 23.1 Å². The summed E-state index contributed by atoms with van der Waals surface area (Å²) in [5.41, 5.74) is 3.34. The van der Waals surface area contributed by atoms with Crippen molar-refractivity contribution in [2.24, 2.45) is 11.3 Å². The van der Waals surface area contributed by atoms with Crippen LogP contribution in [-0.4, -0.2) is 103 Å². The summed E-state index contributed by atoms with van der Waals surface area (Å²) in [6.45, 7) is 10.1. The maximum Gasteiger partial charge on any atom is 0.297 e. The van der Waals surface area contributed by atoms with Gasteiger partial charge >= 0.3 is 0 Å². The zero-order valence-corrected chi connectivity index (χ0v) is 41.9. The lowest BCUT2D eigenvalue weighted by molar-refractivity contribution is -0.384. The summed E-state index contributed by atoms with van der Waals surface area (Å²) in [5, 5.41) is 30.0. The largest absolute Gasteiger partial charge is 0.489 e. The molecule has 3 aromatic carbocycles. The number of fused-ring (bicyclic) bond motifs is 2. The third-order valence-corrected chi connectivity index (χ3v) is 17.3. The number of benzene rings is 3. The number of nitrogens with one attached hydrogen (secondary N) is 4. The molecule has 2 aromatic heterocycles. The quantitative estimate of drug-likeness (QED) is 0.0377. The second-order valence-corrected chi connectivity index (χ2v) is 22.8. The summed E-state index contributed by atoms with van der Waals surface area (Å²) < 4.78 is 49.1. The van der Waals surface area contributed by atoms with Crippen molar-refractivity contribution in [1.29, 1.82) is 0 Å². The second kappa shape index (κ2) is 19.6. The Morgan fingerprint density at radius 1 is 1.01 bits per heavy atom. The van der Waals surface area contributed by atoms with Crippen LogP contribution in [0, 0.1) is 21.4 Å². The number of rotatable bonds is 15. The highest BCUT2D eigenvalue weighted by Crippen LogP contribution is 2.54. The zero-order chi connectivity index (χ0) is 49.7. The molecule has 378 valence electrons. The second-order valence-electron chi connectivity index (χ2n) is 21.1. The number of carbonyl (C=O) groups excluding carboxylic acids is 1. The number of hydrogen-bond acceptors (Lipinski definition) is 14. The Bertz CT molecular complexity index is 2900. The van der Waals surface area contributed by atoms with E-state index in [1.54, 1.807) is 24.4 Å². The van der Waals surface area contributed by atoms with Crippen LogP contribution >= 0.6 is 0 Å². The molecule has 10 rings (SSSR count). The number of amides is 1. The van der Waals surface area contributed by atoms with E-state index in [0.29, 0.717) is 55.9 Å². The first-order valence-electron chi connectivity index (χ1n) is 25.3. The molecule has 5 heterocycles. The van der Waals surface area contributed by atoms with Crippen molar-refractivity contribution in [3.63, 3.8) is 0 Å². The normalized spacial score (nSPS) is 23.5. The van der Waals surface area contributed by atoms with Gasteiger partial charge < -0.3 is 39.8 Å². The Morgan fingerprint density at radius 3 is 2.54 bits per heavy atom. The maximum absolute atomic E-state index is 14.4. The lowest BCUT2D eigenvalue weighted by atomic mass is 9.59. The fraction of sp³-hybridized carbons (Fsp3) is 0.509. The van der Waals surface area contributed by atoms with Crippen molar-refractivity contribution in [2.45, 2.75) is 120 Å². The van der Waals surface area contributed by atoms with Crippen molar-refractivity contribution in [1.82, 2.24) is 24.9 Å². The molecular weight excluding hydrogens is 925 g/mol. The van der Waals surface area contributed by atoms with Gasteiger partial charge in [-0.25, -0.2) is 13.1 Å². The minimum Gasteiger partial charge on any atom is -0.489 e. The predicted octanol–water partition coefficient (Wildman–Crippen LogP) is 8.80. The molecule has 17 nitrogen and oxygen atoms in total. The molecule has 2 saturated carbocycles. The molecule has 5 aromatic rings. The van der Waals surface area contributed by atoms with Crippen LogP contribution < -0.4 is 34.5 Å². The van der Waals surface area contributed by atoms with Crippen molar-refractivity contribution in [2.75, 3.05) is 56.7 Å². The van der Waals surface area contributed by atoms with E-state index in [4.69, 9.17) is 14.2 Å². The van der Waals surface area contributed by atoms with Gasteiger partial charge in [-0.1, -0.05) is 38.1 Å². The number of likely N-dealkylation sites (N-methyl/N-ethyl adjacent to an activating group) is 1. The molecule has 71 heavy (non-hydrogen) atoms. The Morgan fingerprint density at radius 2 is 1.79 bits per heavy atom. The molecule has 1 spiro atoms. The number of hydrogen-bond donors (Lipinski definition) is 5. The number of likely N-dealkylation sites (tertiary alicyclic amines) is 1. The van der Waals surface area contributed by atoms with Crippen LogP contribution in [0.2, 0.25) is 0 Å². The van der Waals surface area contributed by atoms with Crippen molar-refractivity contribution >= 4 is 44.0 Å². The van der Waals surface area contributed by atoms with Gasteiger partial charge in [0.1, 0.15) is 24.6 Å². The van der Waals surface area contributed by atoms with Gasteiger partial charge in [-0.15, -0.1) is 0 Å². The number of sulfonamides is 1. The molecule has 3 aliphatic heterocycles. The van der Waals surface area contributed by atoms with Crippen molar-refractivity contribution in [3.8, 4) is 23.1 Å². The number of aromatic amines is 1. The SMILES string of the molecule is CNCCOc1nc2[nH]ccc2cc1Oc1cc(N2CCC3(CC2)CC(N2CCC[C@@H]2c2ccccc2C(C)C)C3)ccc1C(=O)NS(=O)(=O)c1cc2c(c([N+](=O)[O-])c1)N[C@@H](C1CCC(C)(O)CC1)CO2. The minimum atomic E-state index is -4.71. The molecule has 0 radical (unpaired) electrons. The molecule has 18 heteroatoms. The average molecular weight is 991 g/mol. The van der Waals surface area contributed by atoms with Gasteiger partial charge in [-0.3, -0.25) is 19.8 Å². The standard InChI is InChI=1S/C53H66N8O9S/c1-33(2)39-8-5-6-9-40(39)43-10-7-22-60(43)37-30-53(31-37)18-23-59(24-19-53)36-11-12-41(45(27-36)70-47-26-35-15-20-55-49(35)57-51(47)68-25-21-54-4)50(62)58-71(66,67)38-28-44(61(64)65)48-46(29-38)69-32-42(56-48)34-13-16-52(3,63)17-14-34/h5-6,8-9,11-12,15,20,26-29,33-34,37,42-43,54,56,63H,7,10,13-14,16-19,21-25,30-32H2,1-4H3,(H,55,57)(H,58,62)/t34?,42-,43-,52?/m1/s1. The number of carbonyl (C=O) groups is 1. The van der Waals surface area contributed by atoms with Crippen LogP contribution in [-0.2, 0) is 10.0 Å². The number of H-pyrrole nitrogens is 1. The number of aromatic nitrogens is 2. The number of pyridine rings is 1. The summed E-state index contributed by atoms with van der Waals surface area (Å²) in [6, 6.07) is 20.6. The van der Waals surface area contributed by atoms with E-state index in [9.17, 15) is 28.4 Å².